The predicted molar refractivity (Wildman–Crippen MR) is 75.4 cm³/mol. The molecule has 2 amide bonds. The number of methoxy groups -OCH3 is 1. The number of carbonyl (C=O) groups is 3. The van der Waals surface area contributed by atoms with Gasteiger partial charge < -0.3 is 14.5 Å². The molecule has 0 aromatic heterocycles. The average molecular weight is 300 g/mol. The van der Waals surface area contributed by atoms with Gasteiger partial charge in [-0.2, -0.15) is 0 Å². The number of ether oxygens (including phenoxy) is 1. The molecule has 0 aromatic rings. The molecule has 0 radical (unpaired) electrons. The maximum Gasteiger partial charge on any atom is 0.328 e. The van der Waals surface area contributed by atoms with E-state index in [1.54, 1.807) is 9.80 Å². The van der Waals surface area contributed by atoms with E-state index >= 15 is 0 Å². The van der Waals surface area contributed by atoms with Crippen LogP contribution in [0.5, 0.6) is 0 Å². The van der Waals surface area contributed by atoms with Gasteiger partial charge in [0.15, 0.2) is 0 Å². The van der Waals surface area contributed by atoms with Crippen molar-refractivity contribution in [1.82, 2.24) is 9.80 Å². The summed E-state index contributed by atoms with van der Waals surface area (Å²) < 4.78 is 4.76. The summed E-state index contributed by atoms with van der Waals surface area (Å²) in [7, 11) is 1.35. The Morgan fingerprint density at radius 1 is 1.35 bits per heavy atom. The number of nitrogens with zero attached hydrogens (tertiary/aromatic N) is 2. The Hall–Kier alpha value is -1.24. The molecule has 6 nitrogen and oxygen atoms in total. The summed E-state index contributed by atoms with van der Waals surface area (Å²) in [4.78, 5) is 38.8. The zero-order valence-corrected chi connectivity index (χ0v) is 12.5. The molecule has 2 fully saturated rings. The number of amides is 2. The van der Waals surface area contributed by atoms with Crippen LogP contribution in [-0.2, 0) is 14.3 Å². The van der Waals surface area contributed by atoms with Gasteiger partial charge in [0.05, 0.1) is 7.11 Å². The Bertz CT molecular complexity index is 402. The highest BCUT2D eigenvalue weighted by atomic mass is 32.2. The summed E-state index contributed by atoms with van der Waals surface area (Å²) in [6.45, 7) is 1.74. The van der Waals surface area contributed by atoms with E-state index in [2.05, 4.69) is 0 Å². The van der Waals surface area contributed by atoms with Crippen LogP contribution in [0.15, 0.2) is 0 Å². The van der Waals surface area contributed by atoms with Crippen molar-refractivity contribution in [2.75, 3.05) is 32.5 Å². The molecule has 0 aliphatic carbocycles. The van der Waals surface area contributed by atoms with Crippen molar-refractivity contribution in [3.8, 4) is 0 Å². The number of thioether (sulfide) groups is 1. The zero-order valence-electron chi connectivity index (χ0n) is 11.7. The second-order valence-corrected chi connectivity index (χ2v) is 6.02. The molecular formula is C13H20N2O4S. The molecule has 7 heteroatoms. The van der Waals surface area contributed by atoms with Gasteiger partial charge in [-0.05, 0) is 19.3 Å². The summed E-state index contributed by atoms with van der Waals surface area (Å²) in [6, 6.07) is -0.454. The van der Waals surface area contributed by atoms with Gasteiger partial charge in [0.1, 0.15) is 6.04 Å². The molecule has 0 unspecified atom stereocenters. The molecule has 0 aromatic carbocycles. The minimum atomic E-state index is -0.454. The lowest BCUT2D eigenvalue weighted by Crippen LogP contribution is -2.49. The Labute approximate surface area is 122 Å². The number of esters is 1. The van der Waals surface area contributed by atoms with E-state index in [0.29, 0.717) is 26.1 Å². The molecule has 2 saturated heterocycles. The molecule has 1 atom stereocenters. The van der Waals surface area contributed by atoms with Gasteiger partial charge in [0.25, 0.3) is 5.24 Å². The molecule has 2 aliphatic heterocycles. The minimum Gasteiger partial charge on any atom is -0.467 e. The lowest BCUT2D eigenvalue weighted by Gasteiger charge is -2.34. The van der Waals surface area contributed by atoms with E-state index in [4.69, 9.17) is 4.74 Å². The van der Waals surface area contributed by atoms with Gasteiger partial charge in [-0.15, -0.1) is 0 Å². The van der Waals surface area contributed by atoms with Crippen LogP contribution in [0, 0.1) is 0 Å². The van der Waals surface area contributed by atoms with Crippen LogP contribution in [0.25, 0.3) is 0 Å². The van der Waals surface area contributed by atoms with Gasteiger partial charge in [-0.3, -0.25) is 9.59 Å². The third-order valence-electron chi connectivity index (χ3n) is 3.74. The maximum absolute atomic E-state index is 12.3. The smallest absolute Gasteiger partial charge is 0.328 e. The van der Waals surface area contributed by atoms with Crippen molar-refractivity contribution in [1.29, 1.82) is 0 Å². The fourth-order valence-corrected chi connectivity index (χ4v) is 3.47. The Morgan fingerprint density at radius 2 is 2.15 bits per heavy atom. The highest BCUT2D eigenvalue weighted by Crippen LogP contribution is 2.21. The number of hydrogen-bond acceptors (Lipinski definition) is 5. The Balaban J connectivity index is 1.89. The van der Waals surface area contributed by atoms with Gasteiger partial charge >= 0.3 is 5.97 Å². The van der Waals surface area contributed by atoms with E-state index in [0.717, 1.165) is 18.6 Å². The van der Waals surface area contributed by atoms with Crippen LogP contribution in [0.3, 0.4) is 0 Å². The second-order valence-electron chi connectivity index (χ2n) is 4.97. The van der Waals surface area contributed by atoms with Gasteiger partial charge in [0.2, 0.25) is 5.91 Å². The predicted octanol–water partition coefficient (Wildman–Crippen LogP) is 1.10. The van der Waals surface area contributed by atoms with Crippen molar-refractivity contribution in [3.63, 3.8) is 0 Å². The molecule has 112 valence electrons. The van der Waals surface area contributed by atoms with E-state index in [-0.39, 0.29) is 23.5 Å². The molecule has 0 bridgehead atoms. The van der Waals surface area contributed by atoms with Crippen LogP contribution in [0.4, 0.5) is 4.79 Å². The highest BCUT2D eigenvalue weighted by Gasteiger charge is 2.33. The molecule has 2 rings (SSSR count). The third kappa shape index (κ3) is 3.45. The largest absolute Gasteiger partial charge is 0.467 e. The summed E-state index contributed by atoms with van der Waals surface area (Å²) in [6.07, 6.45) is 2.79. The molecule has 0 saturated carbocycles. The molecule has 0 spiro atoms. The fraction of sp³-hybridized carbons (Fsp3) is 0.769. The Kier molecular flexibility index (Phi) is 5.28. The first-order chi connectivity index (χ1) is 9.63. The number of hydrogen-bond donors (Lipinski definition) is 0. The first-order valence-corrected chi connectivity index (χ1v) is 7.91. The lowest BCUT2D eigenvalue weighted by molar-refractivity contribution is -0.154. The van der Waals surface area contributed by atoms with Crippen molar-refractivity contribution < 1.29 is 19.1 Å². The van der Waals surface area contributed by atoms with E-state index in [9.17, 15) is 14.4 Å². The maximum atomic E-state index is 12.3. The highest BCUT2D eigenvalue weighted by molar-refractivity contribution is 8.13. The zero-order chi connectivity index (χ0) is 14.5. The molecule has 2 heterocycles. The minimum absolute atomic E-state index is 0.0426. The van der Waals surface area contributed by atoms with E-state index in [1.165, 1.54) is 18.9 Å². The van der Waals surface area contributed by atoms with E-state index in [1.807, 2.05) is 0 Å². The topological polar surface area (TPSA) is 66.9 Å². The van der Waals surface area contributed by atoms with Crippen LogP contribution >= 0.6 is 11.8 Å². The summed E-state index contributed by atoms with van der Waals surface area (Å²) in [5, 5.41) is 0.0426. The quantitative estimate of drug-likeness (QED) is 0.727. The van der Waals surface area contributed by atoms with Crippen molar-refractivity contribution in [2.45, 2.75) is 31.7 Å². The average Bonchev–Trinajstić information content (AvgIpc) is 2.89. The summed E-state index contributed by atoms with van der Waals surface area (Å²) in [5.74, 6) is 0.386. The second kappa shape index (κ2) is 6.97. The summed E-state index contributed by atoms with van der Waals surface area (Å²) >= 11 is 1.29. The lowest BCUT2D eigenvalue weighted by atomic mass is 10.0. The number of likely N-dealkylation sites (tertiary alicyclic amines) is 1. The van der Waals surface area contributed by atoms with Crippen molar-refractivity contribution >= 4 is 28.9 Å². The number of carbonyl (C=O) groups excluding carboxylic acids is 3. The first kappa shape index (κ1) is 15.2. The number of rotatable bonds is 4. The van der Waals surface area contributed by atoms with Gasteiger partial charge in [-0.1, -0.05) is 11.8 Å². The molecule has 20 heavy (non-hydrogen) atoms. The van der Waals surface area contributed by atoms with Crippen LogP contribution in [0.2, 0.25) is 0 Å². The standard InChI is InChI=1S/C13H20N2O4S/c1-19-12(17)10-4-2-3-6-15(10)11(16)5-7-14-8-9-20-13(14)18/h10H,2-9H2,1H3/t10-/m1/s1. The SMILES string of the molecule is COC(=O)[C@H]1CCCCN1C(=O)CCN1CCSC1=O. The van der Waals surface area contributed by atoms with Crippen LogP contribution < -0.4 is 0 Å². The molecule has 0 N–H and O–H groups in total. The van der Waals surface area contributed by atoms with E-state index < -0.39 is 6.04 Å². The van der Waals surface area contributed by atoms with Crippen molar-refractivity contribution in [3.05, 3.63) is 0 Å². The van der Waals surface area contributed by atoms with Gasteiger partial charge in [0, 0.05) is 31.8 Å². The van der Waals surface area contributed by atoms with Crippen LogP contribution in [0.1, 0.15) is 25.7 Å². The van der Waals surface area contributed by atoms with Crippen LogP contribution in [-0.4, -0.2) is 65.5 Å². The molecule has 2 aliphatic rings. The summed E-state index contributed by atoms with van der Waals surface area (Å²) in [5.41, 5.74) is 0. The molecular weight excluding hydrogens is 280 g/mol. The fourth-order valence-electron chi connectivity index (χ4n) is 2.61. The van der Waals surface area contributed by atoms with Gasteiger partial charge in [-0.25, -0.2) is 4.79 Å². The number of piperidine rings is 1. The normalized spacial score (nSPS) is 23.1. The monoisotopic (exact) mass is 300 g/mol. The Morgan fingerprint density at radius 3 is 2.80 bits per heavy atom. The first-order valence-electron chi connectivity index (χ1n) is 6.92. The third-order valence-corrected chi connectivity index (χ3v) is 4.63. The van der Waals surface area contributed by atoms with Crippen molar-refractivity contribution in [2.24, 2.45) is 0 Å².